The molecule has 0 aliphatic heterocycles. The number of aromatic nitrogens is 2. The van der Waals surface area contributed by atoms with Crippen molar-refractivity contribution in [3.8, 4) is 11.8 Å². The quantitative estimate of drug-likeness (QED) is 0.513. The molecule has 0 aliphatic rings. The summed E-state index contributed by atoms with van der Waals surface area (Å²) < 4.78 is 0. The second-order valence-electron chi connectivity index (χ2n) is 2.93. The molecule has 0 fully saturated rings. The molecule has 0 atom stereocenters. The fourth-order valence-electron chi connectivity index (χ4n) is 1.24. The fourth-order valence-corrected chi connectivity index (χ4v) is 1.24. The van der Waals surface area contributed by atoms with E-state index in [4.69, 9.17) is 0 Å². The lowest BCUT2D eigenvalue weighted by atomic mass is 10.2. The summed E-state index contributed by atoms with van der Waals surface area (Å²) in [6, 6.07) is 5.60. The van der Waals surface area contributed by atoms with E-state index >= 15 is 0 Å². The number of fused-ring (bicyclic) bond motifs is 1. The zero-order chi connectivity index (χ0) is 10.5. The highest BCUT2D eigenvalue weighted by Gasteiger charge is 1.94. The Morgan fingerprint density at radius 3 is 2.80 bits per heavy atom. The van der Waals surface area contributed by atoms with E-state index in [1.54, 1.807) is 12.4 Å². The second kappa shape index (κ2) is 4.34. The average Bonchev–Trinajstić information content (AvgIpc) is 2.29. The van der Waals surface area contributed by atoms with Gasteiger partial charge in [-0.2, -0.15) is 0 Å². The van der Waals surface area contributed by atoms with Crippen molar-refractivity contribution in [1.29, 1.82) is 0 Å². The number of carbonyl (C=O) groups is 1. The van der Waals surface area contributed by atoms with Crippen molar-refractivity contribution in [3.63, 3.8) is 0 Å². The van der Waals surface area contributed by atoms with Crippen LogP contribution in [0.5, 0.6) is 0 Å². The van der Waals surface area contributed by atoms with E-state index in [1.165, 1.54) is 0 Å². The molecule has 72 valence electrons. The third-order valence-electron chi connectivity index (χ3n) is 1.89. The maximum Gasteiger partial charge on any atom is 0.131 e. The Morgan fingerprint density at radius 1 is 1.20 bits per heavy atom. The van der Waals surface area contributed by atoms with Gasteiger partial charge in [0.1, 0.15) is 6.29 Å². The van der Waals surface area contributed by atoms with Gasteiger partial charge in [-0.15, -0.1) is 0 Å². The number of hydrogen-bond donors (Lipinski definition) is 0. The minimum Gasteiger partial charge on any atom is -0.302 e. The topological polar surface area (TPSA) is 42.9 Å². The maximum atomic E-state index is 10.1. The van der Waals surface area contributed by atoms with E-state index in [2.05, 4.69) is 21.8 Å². The molecule has 0 amide bonds. The number of aldehydes is 1. The van der Waals surface area contributed by atoms with Gasteiger partial charge in [0.25, 0.3) is 0 Å². The lowest BCUT2D eigenvalue weighted by molar-refractivity contribution is -0.107. The molecule has 0 aliphatic carbocycles. The van der Waals surface area contributed by atoms with Gasteiger partial charge in [0.15, 0.2) is 0 Å². The summed E-state index contributed by atoms with van der Waals surface area (Å²) in [5.74, 6) is 5.64. The summed E-state index contributed by atoms with van der Waals surface area (Å²) in [6.07, 6.45) is 4.34. The van der Waals surface area contributed by atoms with Crippen LogP contribution in [0.15, 0.2) is 30.6 Å². The van der Waals surface area contributed by atoms with E-state index in [9.17, 15) is 4.79 Å². The molecule has 0 unspecified atom stereocenters. The molecule has 3 nitrogen and oxygen atoms in total. The molecule has 2 rings (SSSR count). The highest BCUT2D eigenvalue weighted by molar-refractivity contribution is 5.75. The van der Waals surface area contributed by atoms with Crippen LogP contribution in [-0.2, 0) is 4.79 Å². The Bertz CT molecular complexity index is 552. The summed E-state index contributed by atoms with van der Waals surface area (Å²) in [5.41, 5.74) is 2.51. The van der Waals surface area contributed by atoms with Gasteiger partial charge >= 0.3 is 0 Å². The van der Waals surface area contributed by atoms with Gasteiger partial charge < -0.3 is 4.79 Å². The predicted molar refractivity (Wildman–Crippen MR) is 57.1 cm³/mol. The van der Waals surface area contributed by atoms with Crippen LogP contribution in [-0.4, -0.2) is 16.3 Å². The monoisotopic (exact) mass is 196 g/mol. The van der Waals surface area contributed by atoms with Crippen LogP contribution >= 0.6 is 0 Å². The molecule has 0 N–H and O–H groups in total. The highest BCUT2D eigenvalue weighted by Crippen LogP contribution is 2.09. The van der Waals surface area contributed by atoms with E-state index in [1.807, 2.05) is 18.2 Å². The van der Waals surface area contributed by atoms with Gasteiger partial charge in [-0.05, 0) is 18.2 Å². The molecule has 0 radical (unpaired) electrons. The largest absolute Gasteiger partial charge is 0.302 e. The molecule has 0 saturated carbocycles. The van der Waals surface area contributed by atoms with Crippen molar-refractivity contribution in [2.75, 3.05) is 0 Å². The lowest BCUT2D eigenvalue weighted by Crippen LogP contribution is -1.83. The normalized spacial score (nSPS) is 9.33. The molecule has 0 saturated heterocycles. The second-order valence-corrected chi connectivity index (χ2v) is 2.93. The van der Waals surface area contributed by atoms with Crippen LogP contribution in [0.25, 0.3) is 11.0 Å². The Hall–Kier alpha value is -2.21. The van der Waals surface area contributed by atoms with Gasteiger partial charge in [-0.25, -0.2) is 0 Å². The molecule has 0 bridgehead atoms. The smallest absolute Gasteiger partial charge is 0.131 e. The Labute approximate surface area is 87.2 Å². The average molecular weight is 196 g/mol. The van der Waals surface area contributed by atoms with Crippen LogP contribution in [0.3, 0.4) is 0 Å². The highest BCUT2D eigenvalue weighted by atomic mass is 16.1. The van der Waals surface area contributed by atoms with Gasteiger partial charge in [-0.3, -0.25) is 9.97 Å². The first-order valence-corrected chi connectivity index (χ1v) is 4.53. The van der Waals surface area contributed by atoms with Crippen LogP contribution in [0.1, 0.15) is 12.0 Å². The van der Waals surface area contributed by atoms with Crippen molar-refractivity contribution >= 4 is 17.3 Å². The lowest BCUT2D eigenvalue weighted by Gasteiger charge is -1.95. The molecule has 0 spiro atoms. The zero-order valence-corrected chi connectivity index (χ0v) is 7.97. The molecule has 15 heavy (non-hydrogen) atoms. The Morgan fingerprint density at radius 2 is 2.00 bits per heavy atom. The predicted octanol–water partition coefficient (Wildman–Crippen LogP) is 1.57. The van der Waals surface area contributed by atoms with E-state index in [0.29, 0.717) is 0 Å². The zero-order valence-electron chi connectivity index (χ0n) is 7.97. The standard InChI is InChI=1S/C12H8N2O/c15-8-2-1-3-10-4-5-11-12(9-10)14-7-6-13-11/h4-9H,2H2. The number of rotatable bonds is 1. The molecular formula is C12H8N2O. The van der Waals surface area contributed by atoms with Crippen LogP contribution in [0, 0.1) is 11.8 Å². The first kappa shape index (κ1) is 9.35. The van der Waals surface area contributed by atoms with Gasteiger partial charge in [0.2, 0.25) is 0 Å². The van der Waals surface area contributed by atoms with Crippen molar-refractivity contribution in [3.05, 3.63) is 36.2 Å². The number of benzene rings is 1. The Balaban J connectivity index is 2.40. The summed E-state index contributed by atoms with van der Waals surface area (Å²) in [4.78, 5) is 18.4. The van der Waals surface area contributed by atoms with Crippen molar-refractivity contribution in [2.24, 2.45) is 0 Å². The van der Waals surface area contributed by atoms with Gasteiger partial charge in [0.05, 0.1) is 17.5 Å². The van der Waals surface area contributed by atoms with Crippen molar-refractivity contribution in [1.82, 2.24) is 9.97 Å². The summed E-state index contributed by atoms with van der Waals surface area (Å²) >= 11 is 0. The maximum absolute atomic E-state index is 10.1. The summed E-state index contributed by atoms with van der Waals surface area (Å²) in [5, 5.41) is 0. The van der Waals surface area contributed by atoms with E-state index in [-0.39, 0.29) is 6.42 Å². The number of hydrogen-bond acceptors (Lipinski definition) is 3. The van der Waals surface area contributed by atoms with Crippen LogP contribution < -0.4 is 0 Å². The first-order valence-electron chi connectivity index (χ1n) is 4.53. The Kier molecular flexibility index (Phi) is 2.70. The first-order chi connectivity index (χ1) is 7.40. The number of nitrogens with zero attached hydrogens (tertiary/aromatic N) is 2. The molecule has 3 heteroatoms. The minimum absolute atomic E-state index is 0.262. The molecule has 1 aromatic carbocycles. The van der Waals surface area contributed by atoms with Crippen LogP contribution in [0.2, 0.25) is 0 Å². The molecule has 1 heterocycles. The third kappa shape index (κ3) is 2.18. The van der Waals surface area contributed by atoms with Gasteiger partial charge in [0, 0.05) is 18.0 Å². The van der Waals surface area contributed by atoms with Gasteiger partial charge in [-0.1, -0.05) is 11.8 Å². The molecular weight excluding hydrogens is 188 g/mol. The molecule has 2 aromatic rings. The summed E-state index contributed by atoms with van der Waals surface area (Å²) in [6.45, 7) is 0. The SMILES string of the molecule is O=CCC#Cc1ccc2nccnc2c1. The van der Waals surface area contributed by atoms with E-state index in [0.717, 1.165) is 22.9 Å². The summed E-state index contributed by atoms with van der Waals surface area (Å²) in [7, 11) is 0. The fraction of sp³-hybridized carbons (Fsp3) is 0.0833. The molecule has 1 aromatic heterocycles. The van der Waals surface area contributed by atoms with Crippen LogP contribution in [0.4, 0.5) is 0 Å². The third-order valence-corrected chi connectivity index (χ3v) is 1.89. The number of carbonyl (C=O) groups excluding carboxylic acids is 1. The van der Waals surface area contributed by atoms with Crippen molar-refractivity contribution in [2.45, 2.75) is 6.42 Å². The van der Waals surface area contributed by atoms with E-state index < -0.39 is 0 Å². The van der Waals surface area contributed by atoms with Crippen molar-refractivity contribution < 1.29 is 4.79 Å². The minimum atomic E-state index is 0.262.